The van der Waals surface area contributed by atoms with Gasteiger partial charge < -0.3 is 15.8 Å². The summed E-state index contributed by atoms with van der Waals surface area (Å²) in [5.41, 5.74) is 5.85. The molecule has 2 aliphatic rings. The van der Waals surface area contributed by atoms with Gasteiger partial charge in [0.05, 0.1) is 6.10 Å². The Morgan fingerprint density at radius 2 is 1.81 bits per heavy atom. The number of hydrogen-bond acceptors (Lipinski definition) is 2. The summed E-state index contributed by atoms with van der Waals surface area (Å²) in [7, 11) is 0. The molecular weight excluding hydrogens is 262 g/mol. The summed E-state index contributed by atoms with van der Waals surface area (Å²) in [6.45, 7) is 2.77. The predicted octanol–water partition coefficient (Wildman–Crippen LogP) is 3.21. The molecule has 0 aromatic carbocycles. The van der Waals surface area contributed by atoms with Crippen LogP contribution in [-0.2, 0) is 4.74 Å². The third kappa shape index (κ3) is 7.16. The van der Waals surface area contributed by atoms with Crippen molar-refractivity contribution >= 4 is 5.96 Å². The molecule has 2 saturated carbocycles. The van der Waals surface area contributed by atoms with E-state index in [1.54, 1.807) is 0 Å². The highest BCUT2D eigenvalue weighted by molar-refractivity contribution is 5.77. The van der Waals surface area contributed by atoms with Crippen molar-refractivity contribution in [3.63, 3.8) is 0 Å². The topological polar surface area (TPSA) is 59.6 Å². The van der Waals surface area contributed by atoms with Crippen LogP contribution in [0.1, 0.15) is 70.6 Å². The molecule has 0 heterocycles. The minimum absolute atomic E-state index is 0.547. The molecule has 0 atom stereocenters. The van der Waals surface area contributed by atoms with E-state index >= 15 is 0 Å². The second kappa shape index (κ2) is 10.0. The molecule has 0 radical (unpaired) electrons. The van der Waals surface area contributed by atoms with E-state index in [2.05, 4.69) is 10.3 Å². The van der Waals surface area contributed by atoms with Gasteiger partial charge in [0.25, 0.3) is 0 Å². The Kier molecular flexibility index (Phi) is 7.94. The SMILES string of the molecule is NC(=NCC1CCC1)NCCCCCOC1CCCCC1. The van der Waals surface area contributed by atoms with Crippen LogP contribution in [0, 0.1) is 5.92 Å². The third-order valence-electron chi connectivity index (χ3n) is 4.78. The Balaban J connectivity index is 1.37. The molecule has 0 aromatic heterocycles. The minimum Gasteiger partial charge on any atom is -0.378 e. The van der Waals surface area contributed by atoms with E-state index < -0.39 is 0 Å². The standard InChI is InChI=1S/C17H33N3O/c18-17(20-14-15-8-7-9-15)19-12-5-2-6-13-21-16-10-3-1-4-11-16/h15-16H,1-14H2,(H3,18,19,20). The van der Waals surface area contributed by atoms with Gasteiger partial charge in [-0.15, -0.1) is 0 Å². The summed E-state index contributed by atoms with van der Waals surface area (Å²) in [4.78, 5) is 4.40. The number of rotatable bonds is 9. The van der Waals surface area contributed by atoms with E-state index in [0.717, 1.165) is 38.5 Å². The van der Waals surface area contributed by atoms with Crippen molar-refractivity contribution in [2.24, 2.45) is 16.6 Å². The molecule has 0 aromatic rings. The van der Waals surface area contributed by atoms with Crippen molar-refractivity contribution in [1.29, 1.82) is 0 Å². The van der Waals surface area contributed by atoms with Crippen LogP contribution in [0.3, 0.4) is 0 Å². The van der Waals surface area contributed by atoms with Crippen LogP contribution in [0.4, 0.5) is 0 Å². The number of nitrogens with two attached hydrogens (primary N) is 1. The van der Waals surface area contributed by atoms with Gasteiger partial charge in [0.1, 0.15) is 0 Å². The van der Waals surface area contributed by atoms with Crippen LogP contribution in [0.5, 0.6) is 0 Å². The molecule has 4 nitrogen and oxygen atoms in total. The largest absolute Gasteiger partial charge is 0.378 e. The molecule has 21 heavy (non-hydrogen) atoms. The molecule has 0 saturated heterocycles. The first-order valence-corrected chi connectivity index (χ1v) is 9.00. The van der Waals surface area contributed by atoms with Crippen LogP contribution < -0.4 is 11.1 Å². The average Bonchev–Trinajstić information content (AvgIpc) is 2.46. The molecule has 0 aliphatic heterocycles. The van der Waals surface area contributed by atoms with Crippen LogP contribution in [0.2, 0.25) is 0 Å². The predicted molar refractivity (Wildman–Crippen MR) is 88.5 cm³/mol. The number of hydrogen-bond donors (Lipinski definition) is 2. The van der Waals surface area contributed by atoms with Crippen LogP contribution in [0.25, 0.3) is 0 Å². The fourth-order valence-electron chi connectivity index (χ4n) is 3.06. The van der Waals surface area contributed by atoms with Crippen molar-refractivity contribution in [3.05, 3.63) is 0 Å². The lowest BCUT2D eigenvalue weighted by Gasteiger charge is -2.23. The van der Waals surface area contributed by atoms with Crippen molar-refractivity contribution in [3.8, 4) is 0 Å². The zero-order valence-corrected chi connectivity index (χ0v) is 13.5. The van der Waals surface area contributed by atoms with Gasteiger partial charge in [-0.2, -0.15) is 0 Å². The summed E-state index contributed by atoms with van der Waals surface area (Å²) in [6.07, 6.45) is 14.8. The van der Waals surface area contributed by atoms with E-state index in [1.807, 2.05) is 0 Å². The fourth-order valence-corrected chi connectivity index (χ4v) is 3.06. The molecule has 2 fully saturated rings. The highest BCUT2D eigenvalue weighted by Gasteiger charge is 2.16. The van der Waals surface area contributed by atoms with Gasteiger partial charge in [-0.25, -0.2) is 0 Å². The number of ether oxygens (including phenoxy) is 1. The molecule has 0 amide bonds. The molecule has 2 aliphatic carbocycles. The summed E-state index contributed by atoms with van der Waals surface area (Å²) < 4.78 is 5.93. The zero-order chi connectivity index (χ0) is 14.8. The van der Waals surface area contributed by atoms with Gasteiger partial charge in [-0.05, 0) is 50.9 Å². The van der Waals surface area contributed by atoms with Crippen LogP contribution in [-0.4, -0.2) is 31.8 Å². The first kappa shape index (κ1) is 16.6. The molecule has 122 valence electrons. The van der Waals surface area contributed by atoms with Crippen molar-refractivity contribution in [2.75, 3.05) is 19.7 Å². The Labute approximate surface area is 129 Å². The van der Waals surface area contributed by atoms with Crippen LogP contribution >= 0.6 is 0 Å². The number of guanidine groups is 1. The Morgan fingerprint density at radius 1 is 1.00 bits per heavy atom. The van der Waals surface area contributed by atoms with Gasteiger partial charge in [0.15, 0.2) is 5.96 Å². The number of aliphatic imine (C=N–C) groups is 1. The van der Waals surface area contributed by atoms with Crippen molar-refractivity contribution < 1.29 is 4.74 Å². The lowest BCUT2D eigenvalue weighted by Crippen LogP contribution is -2.33. The summed E-state index contributed by atoms with van der Waals surface area (Å²) in [5.74, 6) is 1.42. The second-order valence-electron chi connectivity index (χ2n) is 6.64. The molecular formula is C17H33N3O. The maximum Gasteiger partial charge on any atom is 0.188 e. The Morgan fingerprint density at radius 3 is 2.52 bits per heavy atom. The fraction of sp³-hybridized carbons (Fsp3) is 0.941. The van der Waals surface area contributed by atoms with E-state index in [-0.39, 0.29) is 0 Å². The monoisotopic (exact) mass is 295 g/mol. The zero-order valence-electron chi connectivity index (χ0n) is 13.5. The quantitative estimate of drug-likeness (QED) is 0.390. The van der Waals surface area contributed by atoms with E-state index in [0.29, 0.717) is 12.1 Å². The molecule has 0 bridgehead atoms. The molecule has 2 rings (SSSR count). The molecule has 0 spiro atoms. The number of nitrogens with zero attached hydrogens (tertiary/aromatic N) is 1. The summed E-state index contributed by atoms with van der Waals surface area (Å²) >= 11 is 0. The van der Waals surface area contributed by atoms with E-state index in [4.69, 9.17) is 10.5 Å². The van der Waals surface area contributed by atoms with E-state index in [9.17, 15) is 0 Å². The van der Waals surface area contributed by atoms with Gasteiger partial charge in [-0.1, -0.05) is 25.7 Å². The highest BCUT2D eigenvalue weighted by atomic mass is 16.5. The van der Waals surface area contributed by atoms with Crippen molar-refractivity contribution in [1.82, 2.24) is 5.32 Å². The van der Waals surface area contributed by atoms with Crippen molar-refractivity contribution in [2.45, 2.75) is 76.7 Å². The normalized spacial score (nSPS) is 21.2. The molecule has 4 heteroatoms. The van der Waals surface area contributed by atoms with E-state index in [1.165, 1.54) is 57.8 Å². The lowest BCUT2D eigenvalue weighted by molar-refractivity contribution is 0.0264. The number of unbranched alkanes of at least 4 members (excludes halogenated alkanes) is 2. The number of nitrogens with one attached hydrogen (secondary N) is 1. The summed E-state index contributed by atoms with van der Waals surface area (Å²) in [6, 6.07) is 0. The lowest BCUT2D eigenvalue weighted by atomic mass is 9.86. The van der Waals surface area contributed by atoms with Gasteiger partial charge in [-0.3, -0.25) is 4.99 Å². The smallest absolute Gasteiger partial charge is 0.188 e. The van der Waals surface area contributed by atoms with Crippen LogP contribution in [0.15, 0.2) is 4.99 Å². The van der Waals surface area contributed by atoms with Gasteiger partial charge >= 0.3 is 0 Å². The molecule has 3 N–H and O–H groups in total. The minimum atomic E-state index is 0.547. The maximum atomic E-state index is 5.93. The highest BCUT2D eigenvalue weighted by Crippen LogP contribution is 2.26. The first-order chi connectivity index (χ1) is 10.3. The van der Waals surface area contributed by atoms with Gasteiger partial charge in [0.2, 0.25) is 0 Å². The summed E-state index contributed by atoms with van der Waals surface area (Å²) in [5, 5.41) is 3.21. The first-order valence-electron chi connectivity index (χ1n) is 9.00. The Bertz CT molecular complexity index is 296. The van der Waals surface area contributed by atoms with Gasteiger partial charge in [0, 0.05) is 19.7 Å². The second-order valence-corrected chi connectivity index (χ2v) is 6.64. The maximum absolute atomic E-state index is 5.93. The third-order valence-corrected chi connectivity index (χ3v) is 4.78. The Hall–Kier alpha value is -0.770. The average molecular weight is 295 g/mol. The molecule has 0 unspecified atom stereocenters.